The molecule has 2 heterocycles. The fourth-order valence-corrected chi connectivity index (χ4v) is 3.50. The zero-order chi connectivity index (χ0) is 17.4. The van der Waals surface area contributed by atoms with Gasteiger partial charge in [0.05, 0.1) is 15.7 Å². The van der Waals surface area contributed by atoms with Crippen molar-refractivity contribution in [1.29, 1.82) is 0 Å². The fraction of sp³-hybridized carbons (Fsp3) is 0.0625. The summed E-state index contributed by atoms with van der Waals surface area (Å²) in [5.41, 5.74) is 1.69. The van der Waals surface area contributed by atoms with Crippen LogP contribution in [0.5, 0.6) is 5.75 Å². The van der Waals surface area contributed by atoms with Crippen molar-refractivity contribution in [2.75, 3.05) is 5.32 Å². The van der Waals surface area contributed by atoms with Gasteiger partial charge in [0, 0.05) is 6.42 Å². The molecule has 4 aromatic rings. The van der Waals surface area contributed by atoms with Crippen LogP contribution in [0.2, 0.25) is 10.0 Å². The van der Waals surface area contributed by atoms with E-state index < -0.39 is 0 Å². The van der Waals surface area contributed by atoms with Crippen molar-refractivity contribution >= 4 is 50.3 Å². The summed E-state index contributed by atoms with van der Waals surface area (Å²) in [4.78, 5) is 0.675. The Labute approximate surface area is 156 Å². The SMILES string of the molecule is Oc1ccc(Cc2nnc3sc(Nc4ccccc4Cl)nn23)cc1Cl. The number of halogens is 2. The molecule has 0 spiro atoms. The normalized spacial score (nSPS) is 11.1. The minimum atomic E-state index is 0.0525. The number of hydrogen-bond donors (Lipinski definition) is 2. The second-order valence-electron chi connectivity index (χ2n) is 5.29. The van der Waals surface area contributed by atoms with Crippen LogP contribution in [0.15, 0.2) is 42.5 Å². The molecule has 2 N–H and O–H groups in total. The minimum absolute atomic E-state index is 0.0525. The quantitative estimate of drug-likeness (QED) is 0.534. The average Bonchev–Trinajstić information content (AvgIpc) is 3.15. The lowest BCUT2D eigenvalue weighted by molar-refractivity contribution is 0.475. The molecular weight excluding hydrogens is 381 g/mol. The molecule has 2 aromatic heterocycles. The van der Waals surface area contributed by atoms with E-state index in [1.807, 2.05) is 24.3 Å². The van der Waals surface area contributed by atoms with Crippen LogP contribution >= 0.6 is 34.5 Å². The van der Waals surface area contributed by atoms with Gasteiger partial charge >= 0.3 is 0 Å². The predicted molar refractivity (Wildman–Crippen MR) is 99.3 cm³/mol. The van der Waals surface area contributed by atoms with E-state index in [0.29, 0.717) is 32.4 Å². The van der Waals surface area contributed by atoms with Gasteiger partial charge in [-0.25, -0.2) is 0 Å². The second kappa shape index (κ2) is 6.51. The monoisotopic (exact) mass is 391 g/mol. The Morgan fingerprint density at radius 1 is 1.08 bits per heavy atom. The van der Waals surface area contributed by atoms with Gasteiger partial charge in [0.15, 0.2) is 5.82 Å². The number of phenolic OH excluding ortho intramolecular Hbond substituents is 1. The number of fused-ring (bicyclic) bond motifs is 1. The van der Waals surface area contributed by atoms with Crippen LogP contribution in [0.4, 0.5) is 10.8 Å². The van der Waals surface area contributed by atoms with Gasteiger partial charge in [-0.2, -0.15) is 4.52 Å². The minimum Gasteiger partial charge on any atom is -0.506 e. The Morgan fingerprint density at radius 3 is 2.72 bits per heavy atom. The van der Waals surface area contributed by atoms with E-state index in [1.165, 1.54) is 11.3 Å². The van der Waals surface area contributed by atoms with E-state index in [-0.39, 0.29) is 5.75 Å². The molecule has 0 amide bonds. The maximum atomic E-state index is 9.51. The summed E-state index contributed by atoms with van der Waals surface area (Å²) >= 11 is 13.5. The highest BCUT2D eigenvalue weighted by Crippen LogP contribution is 2.28. The van der Waals surface area contributed by atoms with Crippen LogP contribution in [0.3, 0.4) is 0 Å². The third-order valence-electron chi connectivity index (χ3n) is 3.55. The van der Waals surface area contributed by atoms with Gasteiger partial charge in [-0.05, 0) is 29.8 Å². The Balaban J connectivity index is 1.62. The molecule has 0 saturated heterocycles. The van der Waals surface area contributed by atoms with Gasteiger partial charge < -0.3 is 10.4 Å². The van der Waals surface area contributed by atoms with Crippen LogP contribution in [0.1, 0.15) is 11.4 Å². The van der Waals surface area contributed by atoms with E-state index >= 15 is 0 Å². The number of aromatic hydroxyl groups is 1. The first-order chi connectivity index (χ1) is 12.1. The number of nitrogens with zero attached hydrogens (tertiary/aromatic N) is 4. The van der Waals surface area contributed by atoms with E-state index in [4.69, 9.17) is 23.2 Å². The molecule has 6 nitrogen and oxygen atoms in total. The van der Waals surface area contributed by atoms with Crippen molar-refractivity contribution in [3.8, 4) is 5.75 Å². The van der Waals surface area contributed by atoms with Crippen LogP contribution in [-0.4, -0.2) is 24.9 Å². The molecular formula is C16H11Cl2N5OS. The van der Waals surface area contributed by atoms with Crippen molar-refractivity contribution in [3.05, 3.63) is 63.9 Å². The summed E-state index contributed by atoms with van der Waals surface area (Å²) in [5, 5.41) is 27.1. The smallest absolute Gasteiger partial charge is 0.236 e. The highest BCUT2D eigenvalue weighted by Gasteiger charge is 2.13. The molecule has 4 rings (SSSR count). The first-order valence-electron chi connectivity index (χ1n) is 7.30. The van der Waals surface area contributed by atoms with Gasteiger partial charge in [0.25, 0.3) is 0 Å². The number of benzene rings is 2. The molecule has 25 heavy (non-hydrogen) atoms. The molecule has 0 aliphatic rings. The van der Waals surface area contributed by atoms with Gasteiger partial charge in [0.2, 0.25) is 10.1 Å². The third-order valence-corrected chi connectivity index (χ3v) is 4.99. The molecule has 0 aliphatic carbocycles. The Hall–Kier alpha value is -2.35. The molecule has 2 aromatic carbocycles. The number of rotatable bonds is 4. The zero-order valence-electron chi connectivity index (χ0n) is 12.6. The van der Waals surface area contributed by atoms with Crippen molar-refractivity contribution in [2.45, 2.75) is 6.42 Å². The number of nitrogens with one attached hydrogen (secondary N) is 1. The van der Waals surface area contributed by atoms with Crippen LogP contribution in [0, 0.1) is 0 Å². The maximum Gasteiger partial charge on any atom is 0.236 e. The Bertz CT molecular complexity index is 1060. The first-order valence-corrected chi connectivity index (χ1v) is 8.87. The number of hydrogen-bond acceptors (Lipinski definition) is 6. The van der Waals surface area contributed by atoms with Crippen molar-refractivity contribution in [3.63, 3.8) is 0 Å². The lowest BCUT2D eigenvalue weighted by atomic mass is 10.1. The second-order valence-corrected chi connectivity index (χ2v) is 7.06. The number of anilines is 2. The summed E-state index contributed by atoms with van der Waals surface area (Å²) in [5.74, 6) is 0.733. The third kappa shape index (κ3) is 3.26. The Morgan fingerprint density at radius 2 is 1.92 bits per heavy atom. The highest BCUT2D eigenvalue weighted by molar-refractivity contribution is 7.20. The maximum absolute atomic E-state index is 9.51. The molecule has 0 fully saturated rings. The molecule has 0 unspecified atom stereocenters. The van der Waals surface area contributed by atoms with Crippen LogP contribution < -0.4 is 5.32 Å². The molecule has 126 valence electrons. The number of para-hydroxylation sites is 1. The van der Waals surface area contributed by atoms with Crippen molar-refractivity contribution < 1.29 is 5.11 Å². The molecule has 0 saturated carbocycles. The van der Waals surface area contributed by atoms with E-state index in [0.717, 1.165) is 11.3 Å². The zero-order valence-corrected chi connectivity index (χ0v) is 15.0. The molecule has 0 aliphatic heterocycles. The largest absolute Gasteiger partial charge is 0.506 e. The molecule has 0 atom stereocenters. The summed E-state index contributed by atoms with van der Waals surface area (Å²) in [6.07, 6.45) is 0.496. The lowest BCUT2D eigenvalue weighted by Crippen LogP contribution is -1.99. The summed E-state index contributed by atoms with van der Waals surface area (Å²) in [6, 6.07) is 12.5. The van der Waals surface area contributed by atoms with E-state index in [9.17, 15) is 5.11 Å². The topological polar surface area (TPSA) is 75.3 Å². The first kappa shape index (κ1) is 16.1. The van der Waals surface area contributed by atoms with Crippen molar-refractivity contribution in [1.82, 2.24) is 19.8 Å². The van der Waals surface area contributed by atoms with Gasteiger partial charge in [0.1, 0.15) is 5.75 Å². The lowest BCUT2D eigenvalue weighted by Gasteiger charge is -2.03. The van der Waals surface area contributed by atoms with E-state index in [1.54, 1.807) is 22.7 Å². The number of aromatic nitrogens is 4. The highest BCUT2D eigenvalue weighted by atomic mass is 35.5. The molecule has 0 radical (unpaired) electrons. The van der Waals surface area contributed by atoms with Gasteiger partial charge in [-0.15, -0.1) is 15.3 Å². The fourth-order valence-electron chi connectivity index (χ4n) is 2.34. The van der Waals surface area contributed by atoms with Gasteiger partial charge in [-0.1, -0.05) is 52.7 Å². The van der Waals surface area contributed by atoms with Crippen LogP contribution in [-0.2, 0) is 6.42 Å². The average molecular weight is 392 g/mol. The summed E-state index contributed by atoms with van der Waals surface area (Å²) in [7, 11) is 0. The predicted octanol–water partition coefficient (Wildman–Crippen LogP) is 4.53. The Kier molecular flexibility index (Phi) is 4.20. The molecule has 9 heteroatoms. The summed E-state index contributed by atoms with van der Waals surface area (Å²) < 4.78 is 1.69. The van der Waals surface area contributed by atoms with Crippen LogP contribution in [0.25, 0.3) is 4.96 Å². The van der Waals surface area contributed by atoms with Crippen molar-refractivity contribution in [2.24, 2.45) is 0 Å². The summed E-state index contributed by atoms with van der Waals surface area (Å²) in [6.45, 7) is 0. The van der Waals surface area contributed by atoms with E-state index in [2.05, 4.69) is 20.6 Å². The number of phenols is 1. The standard InChI is InChI=1S/C16H11Cl2N5OS/c17-10-3-1-2-4-12(10)19-15-22-23-14(20-21-16(23)25-15)8-9-5-6-13(24)11(18)7-9/h1-7,24H,8H2,(H,19,22). The molecule has 0 bridgehead atoms. The van der Waals surface area contributed by atoms with Gasteiger partial charge in [-0.3, -0.25) is 0 Å².